The molecule has 2 heterocycles. The predicted octanol–water partition coefficient (Wildman–Crippen LogP) is 7.54. The van der Waals surface area contributed by atoms with E-state index in [1.165, 1.54) is 12.1 Å². The summed E-state index contributed by atoms with van der Waals surface area (Å²) in [5.74, 6) is 0.0707. The zero-order valence-corrected chi connectivity index (χ0v) is 20.3. The topological polar surface area (TPSA) is 64.4 Å². The Balaban J connectivity index is 1.53. The number of carbonyl (C=O) groups is 1. The number of benzene rings is 3. The molecule has 5 aromatic rings. The molecular weight excluding hydrogens is 455 g/mol. The Kier molecular flexibility index (Phi) is 6.25. The molecule has 0 aliphatic rings. The van der Waals surface area contributed by atoms with Gasteiger partial charge in [-0.05, 0) is 62.2 Å². The van der Waals surface area contributed by atoms with E-state index >= 15 is 0 Å². The second kappa shape index (κ2) is 9.66. The van der Waals surface area contributed by atoms with E-state index in [0.717, 1.165) is 44.2 Å². The highest BCUT2D eigenvalue weighted by Crippen LogP contribution is 2.37. The van der Waals surface area contributed by atoms with E-state index in [9.17, 15) is 9.18 Å². The van der Waals surface area contributed by atoms with Crippen LogP contribution in [0.1, 0.15) is 25.1 Å². The summed E-state index contributed by atoms with van der Waals surface area (Å²) in [6.07, 6.45) is 3.21. The number of para-hydroxylation sites is 1. The lowest BCUT2D eigenvalue weighted by atomic mass is 9.99. The van der Waals surface area contributed by atoms with Gasteiger partial charge in [-0.25, -0.2) is 4.39 Å². The molecule has 180 valence electrons. The van der Waals surface area contributed by atoms with E-state index < -0.39 is 0 Å². The van der Waals surface area contributed by atoms with Crippen LogP contribution in [-0.2, 0) is 4.79 Å². The summed E-state index contributed by atoms with van der Waals surface area (Å²) in [6.45, 7) is 6.14. The predicted molar refractivity (Wildman–Crippen MR) is 142 cm³/mol. The summed E-state index contributed by atoms with van der Waals surface area (Å²) in [5.41, 5.74) is 6.19. The van der Waals surface area contributed by atoms with E-state index in [4.69, 9.17) is 9.15 Å². The number of carbonyl (C=O) groups excluding carboxylic acids is 1. The standard InChI is InChI=1S/C30H25FN2O3/c1-4-35-28-16-29-24(25(17-36-29)20-9-11-21(31)12-10-20)15-23(28)18(2)13-30(34)33-27-14-19(3)32-26-8-6-5-7-22(26)27/h5-17H,4H2,1-3H3,(H,32,33,34)/b18-13+. The van der Waals surface area contributed by atoms with Crippen molar-refractivity contribution in [3.63, 3.8) is 0 Å². The molecule has 2 aromatic heterocycles. The number of nitrogens with zero attached hydrogens (tertiary/aromatic N) is 1. The summed E-state index contributed by atoms with van der Waals surface area (Å²) in [4.78, 5) is 17.6. The van der Waals surface area contributed by atoms with E-state index in [-0.39, 0.29) is 11.7 Å². The number of nitrogens with one attached hydrogen (secondary N) is 1. The number of hydrogen-bond acceptors (Lipinski definition) is 4. The largest absolute Gasteiger partial charge is 0.493 e. The van der Waals surface area contributed by atoms with Crippen molar-refractivity contribution in [2.75, 3.05) is 11.9 Å². The van der Waals surface area contributed by atoms with Crippen molar-refractivity contribution in [3.05, 3.63) is 96.1 Å². The highest BCUT2D eigenvalue weighted by Gasteiger charge is 2.16. The average Bonchev–Trinajstić information content (AvgIpc) is 3.27. The minimum atomic E-state index is -0.298. The number of fused-ring (bicyclic) bond motifs is 2. The number of pyridine rings is 1. The first-order valence-electron chi connectivity index (χ1n) is 11.7. The number of aromatic nitrogens is 1. The van der Waals surface area contributed by atoms with Gasteiger partial charge in [-0.3, -0.25) is 9.78 Å². The van der Waals surface area contributed by atoms with Crippen molar-refractivity contribution in [3.8, 4) is 16.9 Å². The summed E-state index contributed by atoms with van der Waals surface area (Å²) in [7, 11) is 0. The Hall–Kier alpha value is -4.45. The Morgan fingerprint density at radius 2 is 1.86 bits per heavy atom. The number of allylic oxidation sites excluding steroid dienone is 1. The van der Waals surface area contributed by atoms with Gasteiger partial charge < -0.3 is 14.5 Å². The molecule has 0 unspecified atom stereocenters. The van der Waals surface area contributed by atoms with Crippen LogP contribution in [-0.4, -0.2) is 17.5 Å². The third kappa shape index (κ3) is 4.58. The van der Waals surface area contributed by atoms with Gasteiger partial charge in [0.05, 0.1) is 24.1 Å². The molecule has 5 rings (SSSR count). The first kappa shape index (κ1) is 23.3. The van der Waals surface area contributed by atoms with Crippen LogP contribution in [0.2, 0.25) is 0 Å². The van der Waals surface area contributed by atoms with Crippen LogP contribution >= 0.6 is 0 Å². The lowest BCUT2D eigenvalue weighted by Crippen LogP contribution is -2.10. The molecule has 0 bridgehead atoms. The number of furan rings is 1. The molecule has 1 amide bonds. The van der Waals surface area contributed by atoms with Gasteiger partial charge in [-0.1, -0.05) is 30.3 Å². The third-order valence-corrected chi connectivity index (χ3v) is 6.01. The Morgan fingerprint density at radius 3 is 2.64 bits per heavy atom. The number of hydrogen-bond donors (Lipinski definition) is 1. The van der Waals surface area contributed by atoms with Gasteiger partial charge in [0.1, 0.15) is 17.1 Å². The quantitative estimate of drug-likeness (QED) is 0.255. The van der Waals surface area contributed by atoms with Crippen LogP contribution in [0, 0.1) is 12.7 Å². The molecule has 0 fully saturated rings. The Morgan fingerprint density at radius 1 is 1.08 bits per heavy atom. The number of aryl methyl sites for hydroxylation is 1. The van der Waals surface area contributed by atoms with Crippen LogP contribution in [0.25, 0.3) is 38.6 Å². The summed E-state index contributed by atoms with van der Waals surface area (Å²) in [5, 5.41) is 4.73. The molecule has 0 aliphatic carbocycles. The minimum absolute atomic E-state index is 0.253. The van der Waals surface area contributed by atoms with Crippen LogP contribution < -0.4 is 10.1 Å². The van der Waals surface area contributed by atoms with Gasteiger partial charge in [0.25, 0.3) is 0 Å². The summed E-state index contributed by atoms with van der Waals surface area (Å²) >= 11 is 0. The zero-order chi connectivity index (χ0) is 25.2. The maximum Gasteiger partial charge on any atom is 0.248 e. The number of halogens is 1. The second-order valence-corrected chi connectivity index (χ2v) is 8.58. The normalized spacial score (nSPS) is 11.7. The van der Waals surface area contributed by atoms with Crippen LogP contribution in [0.15, 0.2) is 83.5 Å². The van der Waals surface area contributed by atoms with Gasteiger partial charge in [0.15, 0.2) is 0 Å². The first-order valence-corrected chi connectivity index (χ1v) is 11.7. The molecule has 3 aromatic carbocycles. The smallest absolute Gasteiger partial charge is 0.248 e. The molecule has 1 N–H and O–H groups in total. The molecule has 0 aliphatic heterocycles. The van der Waals surface area contributed by atoms with Gasteiger partial charge in [-0.15, -0.1) is 0 Å². The molecule has 0 saturated carbocycles. The van der Waals surface area contributed by atoms with Gasteiger partial charge in [0.2, 0.25) is 5.91 Å². The van der Waals surface area contributed by atoms with Crippen LogP contribution in [0.5, 0.6) is 5.75 Å². The maximum absolute atomic E-state index is 13.4. The molecule has 36 heavy (non-hydrogen) atoms. The SMILES string of the molecule is CCOc1cc2occ(-c3ccc(F)cc3)c2cc1/C(C)=C/C(=O)Nc1cc(C)nc2ccccc12. The average molecular weight is 481 g/mol. The maximum atomic E-state index is 13.4. The van der Waals surface area contributed by atoms with Crippen LogP contribution in [0.4, 0.5) is 10.1 Å². The number of ether oxygens (including phenoxy) is 1. The van der Waals surface area contributed by atoms with Crippen molar-refractivity contribution in [1.82, 2.24) is 4.98 Å². The number of rotatable bonds is 6. The van der Waals surface area contributed by atoms with E-state index in [1.54, 1.807) is 24.5 Å². The van der Waals surface area contributed by atoms with Crippen molar-refractivity contribution >= 4 is 39.0 Å². The van der Waals surface area contributed by atoms with Gasteiger partial charge in [-0.2, -0.15) is 0 Å². The number of amides is 1. The van der Waals surface area contributed by atoms with Crippen molar-refractivity contribution in [2.45, 2.75) is 20.8 Å². The highest BCUT2D eigenvalue weighted by atomic mass is 19.1. The molecule has 0 atom stereocenters. The fraction of sp³-hybridized carbons (Fsp3) is 0.133. The van der Waals surface area contributed by atoms with Crippen molar-refractivity contribution in [1.29, 1.82) is 0 Å². The minimum Gasteiger partial charge on any atom is -0.493 e. The van der Waals surface area contributed by atoms with E-state index in [1.807, 2.05) is 63.2 Å². The Labute approximate surface area is 208 Å². The molecular formula is C30H25FN2O3. The Bertz CT molecular complexity index is 1620. The fourth-order valence-corrected chi connectivity index (χ4v) is 4.35. The zero-order valence-electron chi connectivity index (χ0n) is 20.3. The molecule has 0 spiro atoms. The fourth-order valence-electron chi connectivity index (χ4n) is 4.35. The van der Waals surface area contributed by atoms with Gasteiger partial charge >= 0.3 is 0 Å². The second-order valence-electron chi connectivity index (χ2n) is 8.58. The monoisotopic (exact) mass is 480 g/mol. The first-order chi connectivity index (χ1) is 17.4. The van der Waals surface area contributed by atoms with Crippen LogP contribution in [0.3, 0.4) is 0 Å². The highest BCUT2D eigenvalue weighted by molar-refractivity contribution is 6.09. The summed E-state index contributed by atoms with van der Waals surface area (Å²) in [6, 6.07) is 19.6. The summed E-state index contributed by atoms with van der Waals surface area (Å²) < 4.78 is 25.1. The van der Waals surface area contributed by atoms with E-state index in [0.29, 0.717) is 23.6 Å². The van der Waals surface area contributed by atoms with Gasteiger partial charge in [0, 0.05) is 39.7 Å². The molecule has 0 radical (unpaired) electrons. The lowest BCUT2D eigenvalue weighted by molar-refractivity contribution is -0.111. The van der Waals surface area contributed by atoms with E-state index in [2.05, 4.69) is 10.3 Å². The molecule has 5 nitrogen and oxygen atoms in total. The van der Waals surface area contributed by atoms with Crippen molar-refractivity contribution in [2.24, 2.45) is 0 Å². The molecule has 0 saturated heterocycles. The molecule has 6 heteroatoms. The van der Waals surface area contributed by atoms with Crippen molar-refractivity contribution < 1.29 is 18.3 Å². The lowest BCUT2D eigenvalue weighted by Gasteiger charge is -2.12. The third-order valence-electron chi connectivity index (χ3n) is 6.01. The number of anilines is 1.